The zero-order valence-electron chi connectivity index (χ0n) is 9.61. The first-order valence-electron chi connectivity index (χ1n) is 5.78. The van der Waals surface area contributed by atoms with Gasteiger partial charge in [0.1, 0.15) is 6.33 Å². The van der Waals surface area contributed by atoms with Crippen LogP contribution in [0.3, 0.4) is 0 Å². The normalized spacial score (nSPS) is 17.0. The maximum absolute atomic E-state index is 4.28. The van der Waals surface area contributed by atoms with E-state index in [4.69, 9.17) is 0 Å². The van der Waals surface area contributed by atoms with Gasteiger partial charge >= 0.3 is 0 Å². The lowest BCUT2D eigenvalue weighted by molar-refractivity contribution is 0.525. The molecule has 1 N–H and O–H groups in total. The molecule has 0 bridgehead atoms. The van der Waals surface area contributed by atoms with Crippen LogP contribution in [0.25, 0.3) is 5.95 Å². The molecule has 2 heterocycles. The Morgan fingerprint density at radius 2 is 2.06 bits per heavy atom. The van der Waals surface area contributed by atoms with Gasteiger partial charge in [-0.25, -0.2) is 15.0 Å². The van der Waals surface area contributed by atoms with Gasteiger partial charge in [-0.1, -0.05) is 0 Å². The van der Waals surface area contributed by atoms with Crippen LogP contribution in [0.5, 0.6) is 0 Å². The van der Waals surface area contributed by atoms with Crippen molar-refractivity contribution in [3.63, 3.8) is 0 Å². The topological polar surface area (TPSA) is 68.5 Å². The number of hydrogen-bond acceptors (Lipinski definition) is 5. The molecule has 0 aromatic carbocycles. The monoisotopic (exact) mass is 230 g/mol. The van der Waals surface area contributed by atoms with E-state index in [9.17, 15) is 0 Å². The molecular weight excluding hydrogens is 216 g/mol. The number of rotatable bonds is 4. The second kappa shape index (κ2) is 4.21. The molecular formula is C11H14N6. The van der Waals surface area contributed by atoms with Crippen molar-refractivity contribution in [1.29, 1.82) is 0 Å². The van der Waals surface area contributed by atoms with Crippen LogP contribution < -0.4 is 5.32 Å². The van der Waals surface area contributed by atoms with Crippen molar-refractivity contribution in [3.8, 4) is 5.95 Å². The highest BCUT2D eigenvalue weighted by atomic mass is 15.4. The van der Waals surface area contributed by atoms with Gasteiger partial charge in [0.25, 0.3) is 5.95 Å². The summed E-state index contributed by atoms with van der Waals surface area (Å²) in [5.41, 5.74) is 0. The van der Waals surface area contributed by atoms with Crippen molar-refractivity contribution in [2.75, 3.05) is 0 Å². The summed E-state index contributed by atoms with van der Waals surface area (Å²) in [7, 11) is 0. The molecule has 0 spiro atoms. The zero-order valence-corrected chi connectivity index (χ0v) is 9.61. The van der Waals surface area contributed by atoms with E-state index in [0.29, 0.717) is 12.0 Å². The van der Waals surface area contributed by atoms with Crippen LogP contribution in [-0.4, -0.2) is 30.8 Å². The van der Waals surface area contributed by atoms with E-state index in [2.05, 4.69) is 32.3 Å². The maximum Gasteiger partial charge on any atom is 0.252 e. The van der Waals surface area contributed by atoms with E-state index < -0.39 is 0 Å². The Kier molecular flexibility index (Phi) is 2.56. The first-order valence-corrected chi connectivity index (χ1v) is 5.78. The SMILES string of the molecule is CC(NC1CC1)c1ncnn1-c1ncccn1. The molecule has 2 aromatic heterocycles. The molecule has 1 aliphatic rings. The lowest BCUT2D eigenvalue weighted by Gasteiger charge is -2.12. The highest BCUT2D eigenvalue weighted by Crippen LogP contribution is 2.23. The first-order chi connectivity index (χ1) is 8.34. The summed E-state index contributed by atoms with van der Waals surface area (Å²) in [6.45, 7) is 2.09. The van der Waals surface area contributed by atoms with Gasteiger partial charge in [0.15, 0.2) is 5.82 Å². The molecule has 6 nitrogen and oxygen atoms in total. The third-order valence-electron chi connectivity index (χ3n) is 2.77. The summed E-state index contributed by atoms with van der Waals surface area (Å²) in [6, 6.07) is 2.58. The van der Waals surface area contributed by atoms with Gasteiger partial charge in [0.05, 0.1) is 6.04 Å². The molecule has 2 aromatic rings. The highest BCUT2D eigenvalue weighted by Gasteiger charge is 2.25. The van der Waals surface area contributed by atoms with E-state index in [1.54, 1.807) is 23.1 Å². The highest BCUT2D eigenvalue weighted by molar-refractivity contribution is 5.12. The van der Waals surface area contributed by atoms with Crippen LogP contribution in [0.15, 0.2) is 24.8 Å². The first kappa shape index (κ1) is 10.3. The largest absolute Gasteiger partial charge is 0.305 e. The van der Waals surface area contributed by atoms with Crippen LogP contribution in [0, 0.1) is 0 Å². The molecule has 1 fully saturated rings. The summed E-state index contributed by atoms with van der Waals surface area (Å²) in [5, 5.41) is 7.66. The molecule has 1 aliphatic carbocycles. The fourth-order valence-electron chi connectivity index (χ4n) is 1.78. The second-order valence-electron chi connectivity index (χ2n) is 4.24. The van der Waals surface area contributed by atoms with Gasteiger partial charge < -0.3 is 5.32 Å². The van der Waals surface area contributed by atoms with Crippen molar-refractivity contribution in [1.82, 2.24) is 30.0 Å². The molecule has 1 unspecified atom stereocenters. The Hall–Kier alpha value is -1.82. The minimum atomic E-state index is 0.161. The molecule has 3 rings (SSSR count). The van der Waals surface area contributed by atoms with Gasteiger partial charge in [-0.15, -0.1) is 0 Å². The van der Waals surface area contributed by atoms with Gasteiger partial charge in [-0.2, -0.15) is 9.78 Å². The van der Waals surface area contributed by atoms with E-state index >= 15 is 0 Å². The Morgan fingerprint density at radius 1 is 1.29 bits per heavy atom. The predicted molar refractivity (Wildman–Crippen MR) is 61.5 cm³/mol. The van der Waals surface area contributed by atoms with E-state index in [1.807, 2.05) is 0 Å². The molecule has 0 radical (unpaired) electrons. The molecule has 1 atom stereocenters. The molecule has 17 heavy (non-hydrogen) atoms. The standard InChI is InChI=1S/C11H14N6/c1-8(16-9-3-4-9)10-14-7-15-17(10)11-12-5-2-6-13-11/h2,5-9,16H,3-4H2,1H3. The smallest absolute Gasteiger partial charge is 0.252 e. The lowest BCUT2D eigenvalue weighted by atomic mass is 10.3. The zero-order chi connectivity index (χ0) is 11.7. The lowest BCUT2D eigenvalue weighted by Crippen LogP contribution is -2.24. The third-order valence-corrected chi connectivity index (χ3v) is 2.77. The number of nitrogens with zero attached hydrogens (tertiary/aromatic N) is 5. The van der Waals surface area contributed by atoms with Crippen molar-refractivity contribution in [2.45, 2.75) is 31.8 Å². The van der Waals surface area contributed by atoms with Gasteiger partial charge in [-0.05, 0) is 25.8 Å². The summed E-state index contributed by atoms with van der Waals surface area (Å²) in [4.78, 5) is 12.6. The Bertz CT molecular complexity index is 490. The average Bonchev–Trinajstić information content (AvgIpc) is 3.04. The molecule has 0 aliphatic heterocycles. The summed E-state index contributed by atoms with van der Waals surface area (Å²) in [6.07, 6.45) is 7.44. The molecule has 88 valence electrons. The summed E-state index contributed by atoms with van der Waals surface area (Å²) in [5.74, 6) is 1.41. The quantitative estimate of drug-likeness (QED) is 0.844. The second-order valence-corrected chi connectivity index (χ2v) is 4.24. The van der Waals surface area contributed by atoms with Crippen LogP contribution in [0.4, 0.5) is 0 Å². The van der Waals surface area contributed by atoms with Crippen molar-refractivity contribution in [2.24, 2.45) is 0 Å². The number of nitrogens with one attached hydrogen (secondary N) is 1. The molecule has 6 heteroatoms. The minimum Gasteiger partial charge on any atom is -0.305 e. The van der Waals surface area contributed by atoms with E-state index in [-0.39, 0.29) is 6.04 Å². The predicted octanol–water partition coefficient (Wildman–Crippen LogP) is 0.870. The number of hydrogen-bond donors (Lipinski definition) is 1. The van der Waals surface area contributed by atoms with E-state index in [1.165, 1.54) is 19.2 Å². The van der Waals surface area contributed by atoms with Gasteiger partial charge in [0, 0.05) is 18.4 Å². The fourth-order valence-corrected chi connectivity index (χ4v) is 1.78. The van der Waals surface area contributed by atoms with Gasteiger partial charge in [0.2, 0.25) is 0 Å². The Labute approximate surface area is 99.1 Å². The van der Waals surface area contributed by atoms with Crippen molar-refractivity contribution in [3.05, 3.63) is 30.6 Å². The summed E-state index contributed by atoms with van der Waals surface area (Å²) < 4.78 is 1.68. The Balaban J connectivity index is 1.88. The van der Waals surface area contributed by atoms with Crippen molar-refractivity contribution < 1.29 is 0 Å². The van der Waals surface area contributed by atoms with Crippen LogP contribution >= 0.6 is 0 Å². The van der Waals surface area contributed by atoms with Gasteiger partial charge in [-0.3, -0.25) is 0 Å². The van der Waals surface area contributed by atoms with E-state index in [0.717, 1.165) is 5.82 Å². The summed E-state index contributed by atoms with van der Waals surface area (Å²) >= 11 is 0. The van der Waals surface area contributed by atoms with Crippen LogP contribution in [0.2, 0.25) is 0 Å². The third kappa shape index (κ3) is 2.16. The maximum atomic E-state index is 4.28. The van der Waals surface area contributed by atoms with Crippen molar-refractivity contribution >= 4 is 0 Å². The molecule has 1 saturated carbocycles. The molecule has 0 saturated heterocycles. The molecule has 0 amide bonds. The Morgan fingerprint density at radius 3 is 2.76 bits per heavy atom. The minimum absolute atomic E-state index is 0.161. The van der Waals surface area contributed by atoms with Crippen LogP contribution in [-0.2, 0) is 0 Å². The number of aromatic nitrogens is 5. The van der Waals surface area contributed by atoms with Crippen LogP contribution in [0.1, 0.15) is 31.6 Å². The average molecular weight is 230 g/mol. The fraction of sp³-hybridized carbons (Fsp3) is 0.455.